The molecular formula is C12H17NOS. The molecule has 15 heavy (non-hydrogen) atoms. The zero-order chi connectivity index (χ0) is 10.9. The minimum Gasteiger partial charge on any atom is -0.398 e. The number of anilines is 1. The Kier molecular flexibility index (Phi) is 2.94. The highest BCUT2D eigenvalue weighted by molar-refractivity contribution is 7.98. The molecule has 2 rings (SSSR count). The van der Waals surface area contributed by atoms with E-state index < -0.39 is 0 Å². The fraction of sp³-hybridized carbons (Fsp3) is 0.500. The second-order valence-corrected chi connectivity index (χ2v) is 5.10. The fourth-order valence-electron chi connectivity index (χ4n) is 2.18. The molecule has 0 heterocycles. The molecule has 1 aliphatic rings. The summed E-state index contributed by atoms with van der Waals surface area (Å²) in [5, 5.41) is 9.48. The summed E-state index contributed by atoms with van der Waals surface area (Å²) in [6.07, 6.45) is 5.45. The Morgan fingerprint density at radius 3 is 2.67 bits per heavy atom. The number of benzene rings is 1. The van der Waals surface area contributed by atoms with Gasteiger partial charge in [-0.25, -0.2) is 0 Å². The molecule has 82 valence electrons. The van der Waals surface area contributed by atoms with Gasteiger partial charge in [-0.3, -0.25) is 0 Å². The third-order valence-electron chi connectivity index (χ3n) is 3.46. The monoisotopic (exact) mass is 223 g/mol. The summed E-state index contributed by atoms with van der Waals surface area (Å²) in [6.45, 7) is 0.255. The lowest BCUT2D eigenvalue weighted by atomic mass is 9.65. The molecule has 2 nitrogen and oxygen atoms in total. The Hall–Kier alpha value is -0.670. The van der Waals surface area contributed by atoms with E-state index in [0.29, 0.717) is 0 Å². The van der Waals surface area contributed by atoms with Crippen molar-refractivity contribution in [3.05, 3.63) is 23.8 Å². The minimum absolute atomic E-state index is 0.0260. The standard InChI is InChI=1S/C12H17NOS/c1-15-11-7-9(3-4-10(11)13)12(8-14)5-2-6-12/h3-4,7,14H,2,5-6,8,13H2,1H3. The van der Waals surface area contributed by atoms with Crippen molar-refractivity contribution in [1.82, 2.24) is 0 Å². The van der Waals surface area contributed by atoms with Gasteiger partial charge in [0.25, 0.3) is 0 Å². The van der Waals surface area contributed by atoms with Crippen molar-refractivity contribution in [2.24, 2.45) is 0 Å². The summed E-state index contributed by atoms with van der Waals surface area (Å²) in [6, 6.07) is 6.15. The molecule has 3 N–H and O–H groups in total. The molecule has 0 amide bonds. The first kappa shape index (κ1) is 10.8. The zero-order valence-corrected chi connectivity index (χ0v) is 9.81. The number of hydrogen-bond acceptors (Lipinski definition) is 3. The van der Waals surface area contributed by atoms with E-state index in [1.807, 2.05) is 12.3 Å². The van der Waals surface area contributed by atoms with Gasteiger partial charge in [-0.2, -0.15) is 0 Å². The van der Waals surface area contributed by atoms with Crippen LogP contribution < -0.4 is 5.73 Å². The number of aliphatic hydroxyl groups excluding tert-OH is 1. The first-order chi connectivity index (χ1) is 7.22. The summed E-state index contributed by atoms with van der Waals surface area (Å²) >= 11 is 1.66. The van der Waals surface area contributed by atoms with E-state index in [9.17, 15) is 5.11 Å². The molecule has 3 heteroatoms. The van der Waals surface area contributed by atoms with Crippen molar-refractivity contribution in [2.75, 3.05) is 18.6 Å². The number of thioether (sulfide) groups is 1. The SMILES string of the molecule is CSc1cc(C2(CO)CCC2)ccc1N. The van der Waals surface area contributed by atoms with Crippen LogP contribution in [0.1, 0.15) is 24.8 Å². The van der Waals surface area contributed by atoms with Crippen LogP contribution >= 0.6 is 11.8 Å². The van der Waals surface area contributed by atoms with Gasteiger partial charge in [0.2, 0.25) is 0 Å². The minimum atomic E-state index is 0.0260. The second kappa shape index (κ2) is 4.06. The Morgan fingerprint density at radius 1 is 1.47 bits per heavy atom. The van der Waals surface area contributed by atoms with E-state index in [4.69, 9.17) is 5.73 Å². The maximum Gasteiger partial charge on any atom is 0.0527 e. The lowest BCUT2D eigenvalue weighted by molar-refractivity contribution is 0.120. The van der Waals surface area contributed by atoms with Crippen LogP contribution in [0.25, 0.3) is 0 Å². The Morgan fingerprint density at radius 2 is 2.20 bits per heavy atom. The molecule has 0 bridgehead atoms. The number of rotatable bonds is 3. The van der Waals surface area contributed by atoms with Gasteiger partial charge in [0.15, 0.2) is 0 Å². The van der Waals surface area contributed by atoms with Gasteiger partial charge in [-0.1, -0.05) is 12.5 Å². The number of nitrogen functional groups attached to an aromatic ring is 1. The van der Waals surface area contributed by atoms with Crippen LogP contribution in [0.15, 0.2) is 23.1 Å². The number of nitrogens with two attached hydrogens (primary N) is 1. The molecule has 1 aromatic rings. The molecule has 0 spiro atoms. The van der Waals surface area contributed by atoms with Gasteiger partial charge in [-0.15, -0.1) is 11.8 Å². The summed E-state index contributed by atoms with van der Waals surface area (Å²) in [5.74, 6) is 0. The highest BCUT2D eigenvalue weighted by Gasteiger charge is 2.38. The average Bonchev–Trinajstić information content (AvgIpc) is 2.19. The largest absolute Gasteiger partial charge is 0.398 e. The molecule has 0 saturated heterocycles. The van der Waals surface area contributed by atoms with E-state index in [1.165, 1.54) is 12.0 Å². The summed E-state index contributed by atoms with van der Waals surface area (Å²) in [4.78, 5) is 1.12. The van der Waals surface area contributed by atoms with Crippen molar-refractivity contribution >= 4 is 17.4 Å². The predicted octanol–water partition coefficient (Wildman–Crippen LogP) is 2.40. The number of aliphatic hydroxyl groups is 1. The Balaban J connectivity index is 2.36. The molecule has 1 aromatic carbocycles. The lowest BCUT2D eigenvalue weighted by Gasteiger charge is -2.41. The molecule has 1 saturated carbocycles. The predicted molar refractivity (Wildman–Crippen MR) is 65.3 cm³/mol. The van der Waals surface area contributed by atoms with Crippen LogP contribution in [-0.2, 0) is 5.41 Å². The molecule has 1 aliphatic carbocycles. The Labute approximate surface area is 94.9 Å². The van der Waals surface area contributed by atoms with Gasteiger partial charge >= 0.3 is 0 Å². The maximum atomic E-state index is 9.48. The van der Waals surface area contributed by atoms with Gasteiger partial charge in [0, 0.05) is 16.0 Å². The summed E-state index contributed by atoms with van der Waals surface area (Å²) in [5.41, 5.74) is 7.96. The van der Waals surface area contributed by atoms with Crippen LogP contribution in [0.4, 0.5) is 5.69 Å². The van der Waals surface area contributed by atoms with Gasteiger partial charge in [0.1, 0.15) is 0 Å². The van der Waals surface area contributed by atoms with Crippen molar-refractivity contribution in [3.63, 3.8) is 0 Å². The quantitative estimate of drug-likeness (QED) is 0.611. The summed E-state index contributed by atoms with van der Waals surface area (Å²) in [7, 11) is 0. The molecular weight excluding hydrogens is 206 g/mol. The molecule has 0 atom stereocenters. The van der Waals surface area contributed by atoms with Crippen LogP contribution in [0.3, 0.4) is 0 Å². The van der Waals surface area contributed by atoms with Crippen LogP contribution in [-0.4, -0.2) is 18.0 Å². The molecule has 0 unspecified atom stereocenters. The maximum absolute atomic E-state index is 9.48. The zero-order valence-electron chi connectivity index (χ0n) is 8.99. The van der Waals surface area contributed by atoms with Crippen molar-refractivity contribution < 1.29 is 5.11 Å². The molecule has 1 fully saturated rings. The first-order valence-corrected chi connectivity index (χ1v) is 6.49. The molecule has 0 aliphatic heterocycles. The number of hydrogen-bond donors (Lipinski definition) is 2. The summed E-state index contributed by atoms with van der Waals surface area (Å²) < 4.78 is 0. The van der Waals surface area contributed by atoms with Crippen LogP contribution in [0, 0.1) is 0 Å². The third-order valence-corrected chi connectivity index (χ3v) is 4.25. The molecule has 0 radical (unpaired) electrons. The van der Waals surface area contributed by atoms with E-state index in [2.05, 4.69) is 12.1 Å². The van der Waals surface area contributed by atoms with Crippen LogP contribution in [0.2, 0.25) is 0 Å². The highest BCUT2D eigenvalue weighted by atomic mass is 32.2. The van der Waals surface area contributed by atoms with Crippen molar-refractivity contribution in [2.45, 2.75) is 29.6 Å². The first-order valence-electron chi connectivity index (χ1n) is 5.27. The Bertz CT molecular complexity index is 355. The van der Waals surface area contributed by atoms with Gasteiger partial charge in [-0.05, 0) is 36.8 Å². The van der Waals surface area contributed by atoms with E-state index in [-0.39, 0.29) is 12.0 Å². The van der Waals surface area contributed by atoms with Crippen molar-refractivity contribution in [1.29, 1.82) is 0 Å². The second-order valence-electron chi connectivity index (χ2n) is 4.25. The van der Waals surface area contributed by atoms with E-state index in [1.54, 1.807) is 11.8 Å². The van der Waals surface area contributed by atoms with Crippen LogP contribution in [0.5, 0.6) is 0 Å². The van der Waals surface area contributed by atoms with Gasteiger partial charge < -0.3 is 10.8 Å². The third kappa shape index (κ3) is 1.74. The highest BCUT2D eigenvalue weighted by Crippen LogP contribution is 2.44. The smallest absolute Gasteiger partial charge is 0.0527 e. The van der Waals surface area contributed by atoms with Gasteiger partial charge in [0.05, 0.1) is 6.61 Å². The average molecular weight is 223 g/mol. The topological polar surface area (TPSA) is 46.2 Å². The normalized spacial score (nSPS) is 18.5. The van der Waals surface area contributed by atoms with Crippen molar-refractivity contribution in [3.8, 4) is 0 Å². The lowest BCUT2D eigenvalue weighted by Crippen LogP contribution is -2.37. The molecule has 0 aromatic heterocycles. The van der Waals surface area contributed by atoms with E-state index in [0.717, 1.165) is 23.4 Å². The van der Waals surface area contributed by atoms with E-state index >= 15 is 0 Å². The fourth-order valence-corrected chi connectivity index (χ4v) is 2.73.